The van der Waals surface area contributed by atoms with Gasteiger partial charge in [0.15, 0.2) is 0 Å². The van der Waals surface area contributed by atoms with Gasteiger partial charge in [-0.1, -0.05) is 38.2 Å². The Hall–Kier alpha value is -0.420. The molecule has 0 aromatic rings. The third-order valence-electron chi connectivity index (χ3n) is 3.37. The molecule has 0 aromatic heterocycles. The number of rotatable bonds is 19. The van der Waals surface area contributed by atoms with Gasteiger partial charge in [-0.15, -0.1) is 6.58 Å². The predicted octanol–water partition coefficient (Wildman–Crippen LogP) is 3.99. The molecule has 0 unspecified atom stereocenters. The Bertz CT molecular complexity index is 209. The molecule has 0 fully saturated rings. The number of hydrogen-bond donors (Lipinski definition) is 0. The molecule has 4 nitrogen and oxygen atoms in total. The van der Waals surface area contributed by atoms with E-state index in [2.05, 4.69) is 6.58 Å². The van der Waals surface area contributed by atoms with Crippen LogP contribution in [-0.2, 0) is 18.9 Å². The Kier molecular flexibility index (Phi) is 20.2. The second-order valence-corrected chi connectivity index (χ2v) is 5.38. The summed E-state index contributed by atoms with van der Waals surface area (Å²) in [6, 6.07) is 0. The normalized spacial score (nSPS) is 11.0. The van der Waals surface area contributed by atoms with E-state index in [1.54, 1.807) is 7.11 Å². The molecule has 0 spiro atoms. The molecule has 0 N–H and O–H groups in total. The van der Waals surface area contributed by atoms with Crippen LogP contribution in [0.15, 0.2) is 12.7 Å². The van der Waals surface area contributed by atoms with E-state index in [-0.39, 0.29) is 0 Å². The van der Waals surface area contributed by atoms with Crippen LogP contribution in [0.4, 0.5) is 0 Å². The van der Waals surface area contributed by atoms with Gasteiger partial charge < -0.3 is 18.9 Å². The highest BCUT2D eigenvalue weighted by Gasteiger charge is 1.94. The maximum absolute atomic E-state index is 5.54. The molecule has 0 heterocycles. The van der Waals surface area contributed by atoms with E-state index in [0.717, 1.165) is 19.4 Å². The van der Waals surface area contributed by atoms with Gasteiger partial charge in [0.1, 0.15) is 0 Å². The summed E-state index contributed by atoms with van der Waals surface area (Å²) in [6.45, 7) is 8.43. The Balaban J connectivity index is 2.92. The lowest BCUT2D eigenvalue weighted by atomic mass is 10.1. The number of ether oxygens (including phenoxy) is 4. The van der Waals surface area contributed by atoms with E-state index in [1.165, 1.54) is 38.5 Å². The summed E-state index contributed by atoms with van der Waals surface area (Å²) in [6.07, 6.45) is 12.3. The van der Waals surface area contributed by atoms with E-state index >= 15 is 0 Å². The zero-order valence-corrected chi connectivity index (χ0v) is 14.5. The third kappa shape index (κ3) is 19.6. The maximum atomic E-state index is 5.54. The molecule has 0 saturated heterocycles. The largest absolute Gasteiger partial charge is 0.382 e. The van der Waals surface area contributed by atoms with Crippen LogP contribution >= 0.6 is 0 Å². The van der Waals surface area contributed by atoms with Crippen molar-refractivity contribution in [2.75, 3.05) is 53.4 Å². The van der Waals surface area contributed by atoms with Crippen LogP contribution in [0, 0.1) is 0 Å². The van der Waals surface area contributed by atoms with E-state index in [0.29, 0.717) is 39.6 Å². The highest BCUT2D eigenvalue weighted by Crippen LogP contribution is 2.08. The first-order valence-corrected chi connectivity index (χ1v) is 8.75. The van der Waals surface area contributed by atoms with Crippen molar-refractivity contribution in [3.63, 3.8) is 0 Å². The Labute approximate surface area is 137 Å². The molecule has 0 aliphatic heterocycles. The summed E-state index contributed by atoms with van der Waals surface area (Å²) in [5.74, 6) is 0. The van der Waals surface area contributed by atoms with E-state index in [4.69, 9.17) is 18.9 Å². The lowest BCUT2D eigenvalue weighted by Crippen LogP contribution is -2.11. The molecule has 0 bridgehead atoms. The van der Waals surface area contributed by atoms with Gasteiger partial charge in [0, 0.05) is 13.7 Å². The summed E-state index contributed by atoms with van der Waals surface area (Å²) in [4.78, 5) is 0. The summed E-state index contributed by atoms with van der Waals surface area (Å²) in [5, 5.41) is 0. The molecule has 132 valence electrons. The molecule has 0 saturated carbocycles. The number of unbranched alkanes of at least 4 members (excludes halogenated alkanes) is 7. The third-order valence-corrected chi connectivity index (χ3v) is 3.37. The van der Waals surface area contributed by atoms with Gasteiger partial charge in [0.05, 0.1) is 39.6 Å². The lowest BCUT2D eigenvalue weighted by Gasteiger charge is -2.06. The van der Waals surface area contributed by atoms with Crippen molar-refractivity contribution in [1.29, 1.82) is 0 Å². The van der Waals surface area contributed by atoms with Gasteiger partial charge in [-0.25, -0.2) is 0 Å². The van der Waals surface area contributed by atoms with Gasteiger partial charge in [0.25, 0.3) is 0 Å². The first-order chi connectivity index (χ1) is 10.9. The predicted molar refractivity (Wildman–Crippen MR) is 91.5 cm³/mol. The molecule has 0 aromatic carbocycles. The van der Waals surface area contributed by atoms with Crippen molar-refractivity contribution in [3.8, 4) is 0 Å². The van der Waals surface area contributed by atoms with Crippen LogP contribution in [0.2, 0.25) is 0 Å². The summed E-state index contributed by atoms with van der Waals surface area (Å²) in [5.41, 5.74) is 0. The minimum Gasteiger partial charge on any atom is -0.382 e. The fourth-order valence-corrected chi connectivity index (χ4v) is 2.06. The topological polar surface area (TPSA) is 36.9 Å². The molecule has 0 radical (unpaired) electrons. The van der Waals surface area contributed by atoms with Crippen LogP contribution in [0.5, 0.6) is 0 Å². The maximum Gasteiger partial charge on any atom is 0.0701 e. The molecule has 0 amide bonds. The van der Waals surface area contributed by atoms with Crippen LogP contribution in [0.25, 0.3) is 0 Å². The van der Waals surface area contributed by atoms with E-state index < -0.39 is 0 Å². The van der Waals surface area contributed by atoms with Crippen molar-refractivity contribution in [2.45, 2.75) is 51.4 Å². The first-order valence-electron chi connectivity index (χ1n) is 8.75. The number of allylic oxidation sites excluding steroid dienone is 1. The summed E-state index contributed by atoms with van der Waals surface area (Å²) >= 11 is 0. The second-order valence-electron chi connectivity index (χ2n) is 5.38. The minimum atomic E-state index is 0.621. The molecule has 22 heavy (non-hydrogen) atoms. The zero-order chi connectivity index (χ0) is 16.1. The molecule has 4 heteroatoms. The van der Waals surface area contributed by atoms with Gasteiger partial charge in [0.2, 0.25) is 0 Å². The molecular weight excluding hydrogens is 280 g/mol. The summed E-state index contributed by atoms with van der Waals surface area (Å²) in [7, 11) is 1.67. The average molecular weight is 316 g/mol. The quantitative estimate of drug-likeness (QED) is 0.267. The van der Waals surface area contributed by atoms with Crippen LogP contribution in [0.1, 0.15) is 51.4 Å². The zero-order valence-electron chi connectivity index (χ0n) is 14.5. The van der Waals surface area contributed by atoms with E-state index in [9.17, 15) is 0 Å². The van der Waals surface area contributed by atoms with Crippen molar-refractivity contribution in [2.24, 2.45) is 0 Å². The molecule has 0 rings (SSSR count). The Morgan fingerprint density at radius 2 is 1.05 bits per heavy atom. The highest BCUT2D eigenvalue weighted by molar-refractivity contribution is 4.65. The van der Waals surface area contributed by atoms with Gasteiger partial charge in [-0.3, -0.25) is 0 Å². The molecular formula is C18H36O4. The fourth-order valence-electron chi connectivity index (χ4n) is 2.06. The molecule has 0 aliphatic carbocycles. The van der Waals surface area contributed by atoms with Crippen LogP contribution < -0.4 is 0 Å². The number of methoxy groups -OCH3 is 1. The minimum absolute atomic E-state index is 0.621. The van der Waals surface area contributed by atoms with E-state index in [1.807, 2.05) is 6.08 Å². The van der Waals surface area contributed by atoms with Gasteiger partial charge in [-0.05, 0) is 19.3 Å². The van der Waals surface area contributed by atoms with Gasteiger partial charge >= 0.3 is 0 Å². The molecule has 0 atom stereocenters. The number of hydrogen-bond acceptors (Lipinski definition) is 4. The lowest BCUT2D eigenvalue weighted by molar-refractivity contribution is 0.00323. The highest BCUT2D eigenvalue weighted by atomic mass is 16.6. The Morgan fingerprint density at radius 3 is 1.59 bits per heavy atom. The second kappa shape index (κ2) is 20.6. The Morgan fingerprint density at radius 1 is 0.591 bits per heavy atom. The van der Waals surface area contributed by atoms with Crippen LogP contribution in [0.3, 0.4) is 0 Å². The van der Waals surface area contributed by atoms with Crippen molar-refractivity contribution >= 4 is 0 Å². The smallest absolute Gasteiger partial charge is 0.0701 e. The fraction of sp³-hybridized carbons (Fsp3) is 0.889. The first kappa shape index (κ1) is 21.6. The standard InChI is InChI=1S/C18H36O4/c1-3-4-5-6-7-8-9-10-11-12-20-15-16-22-18-17-21-14-13-19-2/h3H,1,4-18H2,2H3. The monoisotopic (exact) mass is 316 g/mol. The average Bonchev–Trinajstić information content (AvgIpc) is 2.54. The molecule has 0 aliphatic rings. The SMILES string of the molecule is C=CCCCCCCCCCOCCOCCOCCOC. The van der Waals surface area contributed by atoms with Crippen molar-refractivity contribution < 1.29 is 18.9 Å². The van der Waals surface area contributed by atoms with Crippen LogP contribution in [-0.4, -0.2) is 53.4 Å². The summed E-state index contributed by atoms with van der Waals surface area (Å²) < 4.78 is 21.1. The van der Waals surface area contributed by atoms with Crippen molar-refractivity contribution in [1.82, 2.24) is 0 Å². The van der Waals surface area contributed by atoms with Crippen molar-refractivity contribution in [3.05, 3.63) is 12.7 Å². The van der Waals surface area contributed by atoms with Gasteiger partial charge in [-0.2, -0.15) is 0 Å².